The number of H-pyrrole nitrogens is 1. The summed E-state index contributed by atoms with van der Waals surface area (Å²) in [4.78, 5) is 0. The molecule has 0 spiro atoms. The normalized spacial score (nSPS) is 16.9. The Bertz CT molecular complexity index is 801. The van der Waals surface area contributed by atoms with Gasteiger partial charge < -0.3 is 10.5 Å². The standard InChI is InChI=1S/C15H12ClFN4O/c1-2-10-13-11(12-8(16)4-3-5-9(12)17)7(6-18)14(19)22-15(13)21-20-10/h3-5,11H,2,19H2,1H3,(H,20,21). The van der Waals surface area contributed by atoms with E-state index in [1.165, 1.54) is 12.1 Å². The number of hydrogen-bond donors (Lipinski definition) is 2. The molecule has 7 heteroatoms. The van der Waals surface area contributed by atoms with Crippen molar-refractivity contribution in [1.29, 1.82) is 5.26 Å². The predicted molar refractivity (Wildman–Crippen MR) is 78.7 cm³/mol. The molecular formula is C15H12ClFN4O. The smallest absolute Gasteiger partial charge is 0.244 e. The Labute approximate surface area is 131 Å². The number of halogens is 2. The maximum atomic E-state index is 14.4. The van der Waals surface area contributed by atoms with Crippen LogP contribution in [-0.4, -0.2) is 10.2 Å². The zero-order valence-corrected chi connectivity index (χ0v) is 12.4. The molecule has 0 aliphatic carbocycles. The van der Waals surface area contributed by atoms with E-state index in [1.54, 1.807) is 6.07 Å². The molecule has 0 saturated carbocycles. The van der Waals surface area contributed by atoms with Gasteiger partial charge in [-0.1, -0.05) is 24.6 Å². The van der Waals surface area contributed by atoms with E-state index in [1.807, 2.05) is 13.0 Å². The molecule has 0 bridgehead atoms. The lowest BCUT2D eigenvalue weighted by Crippen LogP contribution is -2.22. The van der Waals surface area contributed by atoms with Crippen molar-refractivity contribution in [2.45, 2.75) is 19.3 Å². The van der Waals surface area contributed by atoms with Crippen LogP contribution in [-0.2, 0) is 6.42 Å². The maximum Gasteiger partial charge on any atom is 0.244 e. The molecule has 1 aliphatic heterocycles. The number of allylic oxidation sites excluding steroid dienone is 1. The summed E-state index contributed by atoms with van der Waals surface area (Å²) < 4.78 is 19.8. The molecular weight excluding hydrogens is 307 g/mol. The third-order valence-corrected chi connectivity index (χ3v) is 3.99. The SMILES string of the molecule is CCc1[nH]nc2c1C(c1c(F)cccc1Cl)C(C#N)=C(N)O2. The van der Waals surface area contributed by atoms with Crippen molar-refractivity contribution in [2.24, 2.45) is 5.73 Å². The Kier molecular flexibility index (Phi) is 3.51. The molecule has 1 aromatic carbocycles. The number of nitrogens with two attached hydrogens (primary N) is 1. The highest BCUT2D eigenvalue weighted by Crippen LogP contribution is 2.45. The van der Waals surface area contributed by atoms with Crippen LogP contribution in [0.3, 0.4) is 0 Å². The lowest BCUT2D eigenvalue weighted by atomic mass is 9.83. The number of aromatic amines is 1. The van der Waals surface area contributed by atoms with E-state index in [2.05, 4.69) is 10.2 Å². The molecule has 1 aromatic heterocycles. The van der Waals surface area contributed by atoms with Crippen molar-refractivity contribution in [2.75, 3.05) is 0 Å². The molecule has 1 unspecified atom stereocenters. The van der Waals surface area contributed by atoms with Crippen LogP contribution in [0.2, 0.25) is 5.02 Å². The Balaban J connectivity index is 2.33. The van der Waals surface area contributed by atoms with Crippen molar-refractivity contribution in [3.05, 3.63) is 57.3 Å². The van der Waals surface area contributed by atoms with Crippen LogP contribution in [0.5, 0.6) is 5.88 Å². The number of rotatable bonds is 2. The number of nitriles is 1. The van der Waals surface area contributed by atoms with Crippen molar-refractivity contribution in [1.82, 2.24) is 10.2 Å². The number of benzene rings is 1. The topological polar surface area (TPSA) is 87.7 Å². The fourth-order valence-corrected chi connectivity index (χ4v) is 2.93. The molecule has 0 radical (unpaired) electrons. The van der Waals surface area contributed by atoms with Crippen molar-refractivity contribution in [3.8, 4) is 11.9 Å². The molecule has 1 atom stereocenters. The van der Waals surface area contributed by atoms with Gasteiger partial charge in [0.2, 0.25) is 11.8 Å². The highest BCUT2D eigenvalue weighted by atomic mass is 35.5. The molecule has 1 aliphatic rings. The van der Waals surface area contributed by atoms with Gasteiger partial charge in [0, 0.05) is 16.3 Å². The first-order valence-corrected chi connectivity index (χ1v) is 7.04. The van der Waals surface area contributed by atoms with E-state index >= 15 is 0 Å². The molecule has 0 amide bonds. The summed E-state index contributed by atoms with van der Waals surface area (Å²) in [5, 5.41) is 16.5. The van der Waals surface area contributed by atoms with Crippen LogP contribution in [0.4, 0.5) is 4.39 Å². The van der Waals surface area contributed by atoms with E-state index in [9.17, 15) is 9.65 Å². The molecule has 3 N–H and O–H groups in total. The van der Waals surface area contributed by atoms with Gasteiger partial charge in [0.15, 0.2) is 0 Å². The van der Waals surface area contributed by atoms with E-state index in [4.69, 9.17) is 22.1 Å². The highest BCUT2D eigenvalue weighted by molar-refractivity contribution is 6.31. The summed E-state index contributed by atoms with van der Waals surface area (Å²) in [6, 6.07) is 6.39. The lowest BCUT2D eigenvalue weighted by Gasteiger charge is -2.24. The number of aromatic nitrogens is 2. The van der Waals surface area contributed by atoms with Crippen LogP contribution in [0, 0.1) is 17.1 Å². The number of hydrogen-bond acceptors (Lipinski definition) is 4. The van der Waals surface area contributed by atoms with E-state index in [-0.39, 0.29) is 27.9 Å². The van der Waals surface area contributed by atoms with Crippen molar-refractivity contribution < 1.29 is 9.13 Å². The van der Waals surface area contributed by atoms with Crippen molar-refractivity contribution >= 4 is 11.6 Å². The number of nitrogens with zero attached hydrogens (tertiary/aromatic N) is 2. The largest absolute Gasteiger partial charge is 0.420 e. The zero-order valence-electron chi connectivity index (χ0n) is 11.7. The molecule has 5 nitrogen and oxygen atoms in total. The van der Waals surface area contributed by atoms with Crippen LogP contribution >= 0.6 is 11.6 Å². The van der Waals surface area contributed by atoms with E-state index < -0.39 is 11.7 Å². The predicted octanol–water partition coefficient (Wildman–Crippen LogP) is 2.98. The Hall–Kier alpha value is -2.52. The lowest BCUT2D eigenvalue weighted by molar-refractivity contribution is 0.377. The van der Waals surface area contributed by atoms with Gasteiger partial charge in [-0.2, -0.15) is 5.26 Å². The molecule has 3 rings (SSSR count). The number of aryl methyl sites for hydroxylation is 1. The average molecular weight is 319 g/mol. The van der Waals surface area contributed by atoms with Crippen LogP contribution in [0.25, 0.3) is 0 Å². The van der Waals surface area contributed by atoms with Gasteiger partial charge >= 0.3 is 0 Å². The molecule has 0 saturated heterocycles. The van der Waals surface area contributed by atoms with Gasteiger partial charge in [0.25, 0.3) is 0 Å². The summed E-state index contributed by atoms with van der Waals surface area (Å²) >= 11 is 6.18. The van der Waals surface area contributed by atoms with Gasteiger partial charge in [-0.3, -0.25) is 5.10 Å². The molecule has 2 aromatic rings. The second-order valence-electron chi connectivity index (χ2n) is 4.83. The fraction of sp³-hybridized carbons (Fsp3) is 0.200. The first kappa shape index (κ1) is 14.4. The summed E-state index contributed by atoms with van der Waals surface area (Å²) in [5.74, 6) is -1.09. The first-order valence-electron chi connectivity index (χ1n) is 6.67. The van der Waals surface area contributed by atoms with Gasteiger partial charge in [-0.15, -0.1) is 5.10 Å². The number of nitrogens with one attached hydrogen (secondary N) is 1. The van der Waals surface area contributed by atoms with Crippen molar-refractivity contribution in [3.63, 3.8) is 0 Å². The van der Waals surface area contributed by atoms with E-state index in [0.717, 1.165) is 5.69 Å². The second kappa shape index (κ2) is 5.35. The minimum absolute atomic E-state index is 0.0894. The molecule has 2 heterocycles. The number of ether oxygens (including phenoxy) is 1. The Morgan fingerprint density at radius 1 is 1.50 bits per heavy atom. The summed E-state index contributed by atoms with van der Waals surface area (Å²) in [7, 11) is 0. The zero-order chi connectivity index (χ0) is 15.9. The van der Waals surface area contributed by atoms with Crippen LogP contribution < -0.4 is 10.5 Å². The first-order chi connectivity index (χ1) is 10.6. The third-order valence-electron chi connectivity index (χ3n) is 3.66. The molecule has 22 heavy (non-hydrogen) atoms. The number of fused-ring (bicyclic) bond motifs is 1. The Morgan fingerprint density at radius 2 is 2.27 bits per heavy atom. The quantitative estimate of drug-likeness (QED) is 0.891. The molecule has 0 fully saturated rings. The summed E-state index contributed by atoms with van der Waals surface area (Å²) in [6.07, 6.45) is 0.618. The highest BCUT2D eigenvalue weighted by Gasteiger charge is 2.37. The minimum atomic E-state index is -0.740. The van der Waals surface area contributed by atoms with E-state index in [0.29, 0.717) is 12.0 Å². The van der Waals surface area contributed by atoms with Gasteiger partial charge in [-0.05, 0) is 18.6 Å². The van der Waals surface area contributed by atoms with Crippen LogP contribution in [0.15, 0.2) is 29.7 Å². The third kappa shape index (κ3) is 2.02. The molecule has 112 valence electrons. The van der Waals surface area contributed by atoms with Gasteiger partial charge in [0.05, 0.1) is 11.5 Å². The van der Waals surface area contributed by atoms with Crippen LogP contribution in [0.1, 0.15) is 29.7 Å². The average Bonchev–Trinajstić information content (AvgIpc) is 2.89. The summed E-state index contributed by atoms with van der Waals surface area (Å²) in [5.41, 5.74) is 7.46. The Morgan fingerprint density at radius 3 is 2.91 bits per heavy atom. The maximum absolute atomic E-state index is 14.4. The second-order valence-corrected chi connectivity index (χ2v) is 5.24. The fourth-order valence-electron chi connectivity index (χ4n) is 2.65. The van der Waals surface area contributed by atoms with Gasteiger partial charge in [0.1, 0.15) is 17.5 Å². The monoisotopic (exact) mass is 318 g/mol. The minimum Gasteiger partial charge on any atom is -0.420 e. The summed E-state index contributed by atoms with van der Waals surface area (Å²) in [6.45, 7) is 1.92. The van der Waals surface area contributed by atoms with Gasteiger partial charge in [-0.25, -0.2) is 4.39 Å².